The van der Waals surface area contributed by atoms with Crippen molar-refractivity contribution in [1.82, 2.24) is 20.1 Å². The Kier molecular flexibility index (Phi) is 6.86. The fourth-order valence-electron chi connectivity index (χ4n) is 3.07. The van der Waals surface area contributed by atoms with Crippen LogP contribution < -0.4 is 10.6 Å². The lowest BCUT2D eigenvalue weighted by molar-refractivity contribution is -0.122. The van der Waals surface area contributed by atoms with Gasteiger partial charge in [-0.05, 0) is 30.9 Å². The minimum absolute atomic E-state index is 0.0462. The molecule has 1 aliphatic rings. The largest absolute Gasteiger partial charge is 0.346 e. The summed E-state index contributed by atoms with van der Waals surface area (Å²) in [5.41, 5.74) is 1.86. The molecule has 2 amide bonds. The summed E-state index contributed by atoms with van der Waals surface area (Å²) < 4.78 is 2.11. The van der Waals surface area contributed by atoms with Gasteiger partial charge < -0.3 is 15.2 Å². The summed E-state index contributed by atoms with van der Waals surface area (Å²) in [5, 5.41) is 14.7. The molecule has 8 heteroatoms. The topological polar surface area (TPSA) is 88.9 Å². The molecule has 27 heavy (non-hydrogen) atoms. The average Bonchev–Trinajstić information content (AvgIpc) is 2.91. The lowest BCUT2D eigenvalue weighted by Gasteiger charge is -2.10. The lowest BCUT2D eigenvalue weighted by atomic mass is 10.1. The van der Waals surface area contributed by atoms with E-state index in [2.05, 4.69) is 25.4 Å². The van der Waals surface area contributed by atoms with Gasteiger partial charge in [-0.15, -0.1) is 10.2 Å². The fourth-order valence-corrected chi connectivity index (χ4v) is 3.88. The second-order valence-corrected chi connectivity index (χ2v) is 7.43. The molecule has 2 N–H and O–H groups in total. The van der Waals surface area contributed by atoms with Gasteiger partial charge in [-0.3, -0.25) is 9.59 Å². The molecule has 0 spiro atoms. The third-order valence-electron chi connectivity index (χ3n) is 4.53. The standard InChI is InChI=1S/C19H25N5O2S/c1-2-14-8-5-6-9-15(14)21-17(25)12-20-18(26)13-27-19-23-22-16-10-4-3-7-11-24(16)19/h5-6,8-9H,2-4,7,10-13H2,1H3,(H,20,26)(H,21,25). The number of rotatable bonds is 7. The molecule has 0 atom stereocenters. The van der Waals surface area contributed by atoms with Crippen LogP contribution >= 0.6 is 11.8 Å². The first kappa shape index (κ1) is 19.4. The number of thioether (sulfide) groups is 1. The molecule has 0 unspecified atom stereocenters. The van der Waals surface area contributed by atoms with Crippen LogP contribution in [0, 0.1) is 0 Å². The first-order chi connectivity index (χ1) is 13.2. The molecule has 0 fully saturated rings. The minimum atomic E-state index is -0.231. The van der Waals surface area contributed by atoms with Crippen LogP contribution in [0.1, 0.15) is 37.6 Å². The van der Waals surface area contributed by atoms with E-state index in [1.165, 1.54) is 18.2 Å². The second-order valence-electron chi connectivity index (χ2n) is 6.49. The molecular weight excluding hydrogens is 362 g/mol. The summed E-state index contributed by atoms with van der Waals surface area (Å²) in [6.07, 6.45) is 5.23. The number of hydrogen-bond acceptors (Lipinski definition) is 5. The Labute approximate surface area is 163 Å². The molecule has 2 aromatic rings. The molecule has 1 aliphatic heterocycles. The van der Waals surface area contributed by atoms with Crippen molar-refractivity contribution in [3.63, 3.8) is 0 Å². The van der Waals surface area contributed by atoms with Gasteiger partial charge >= 0.3 is 0 Å². The van der Waals surface area contributed by atoms with Gasteiger partial charge in [0.25, 0.3) is 0 Å². The molecule has 0 radical (unpaired) electrons. The maximum Gasteiger partial charge on any atom is 0.243 e. The van der Waals surface area contributed by atoms with E-state index in [-0.39, 0.29) is 24.1 Å². The monoisotopic (exact) mass is 387 g/mol. The van der Waals surface area contributed by atoms with Crippen LogP contribution in [0.3, 0.4) is 0 Å². The van der Waals surface area contributed by atoms with Crippen molar-refractivity contribution in [2.75, 3.05) is 17.6 Å². The zero-order valence-corrected chi connectivity index (χ0v) is 16.3. The van der Waals surface area contributed by atoms with Crippen LogP contribution in [0.4, 0.5) is 5.69 Å². The number of nitrogens with one attached hydrogen (secondary N) is 2. The van der Waals surface area contributed by atoms with Crippen LogP contribution in [0.15, 0.2) is 29.4 Å². The predicted octanol–water partition coefficient (Wildman–Crippen LogP) is 2.41. The summed E-state index contributed by atoms with van der Waals surface area (Å²) in [5.74, 6) is 0.802. The van der Waals surface area contributed by atoms with E-state index in [9.17, 15) is 9.59 Å². The summed E-state index contributed by atoms with van der Waals surface area (Å²) in [4.78, 5) is 24.2. The third-order valence-corrected chi connectivity index (χ3v) is 5.49. The number of carbonyl (C=O) groups excluding carboxylic acids is 2. The molecule has 7 nitrogen and oxygen atoms in total. The Morgan fingerprint density at radius 3 is 2.85 bits per heavy atom. The summed E-state index contributed by atoms with van der Waals surface area (Å²) >= 11 is 1.37. The normalized spacial score (nSPS) is 13.5. The van der Waals surface area contributed by atoms with Crippen molar-refractivity contribution in [3.05, 3.63) is 35.7 Å². The molecule has 0 saturated carbocycles. The highest BCUT2D eigenvalue weighted by Gasteiger charge is 2.16. The third kappa shape index (κ3) is 5.32. The quantitative estimate of drug-likeness (QED) is 0.712. The first-order valence-corrected chi connectivity index (χ1v) is 10.3. The van der Waals surface area contributed by atoms with Crippen molar-refractivity contribution in [3.8, 4) is 0 Å². The number of nitrogens with zero attached hydrogens (tertiary/aromatic N) is 3. The summed E-state index contributed by atoms with van der Waals surface area (Å²) in [6.45, 7) is 2.90. The highest BCUT2D eigenvalue weighted by atomic mass is 32.2. The van der Waals surface area contributed by atoms with Crippen LogP contribution in [0.2, 0.25) is 0 Å². The lowest BCUT2D eigenvalue weighted by Crippen LogP contribution is -2.34. The maximum absolute atomic E-state index is 12.1. The smallest absolute Gasteiger partial charge is 0.243 e. The summed E-state index contributed by atoms with van der Waals surface area (Å²) in [6, 6.07) is 7.67. The van der Waals surface area contributed by atoms with Crippen molar-refractivity contribution in [2.45, 2.75) is 50.7 Å². The number of amides is 2. The van der Waals surface area contributed by atoms with Crippen LogP contribution in [0.5, 0.6) is 0 Å². The number of anilines is 1. The highest BCUT2D eigenvalue weighted by Crippen LogP contribution is 2.21. The highest BCUT2D eigenvalue weighted by molar-refractivity contribution is 7.99. The Hall–Kier alpha value is -2.35. The minimum Gasteiger partial charge on any atom is -0.346 e. The number of aromatic nitrogens is 3. The van der Waals surface area contributed by atoms with Crippen molar-refractivity contribution in [1.29, 1.82) is 0 Å². The molecule has 2 heterocycles. The zero-order valence-electron chi connectivity index (χ0n) is 15.5. The Bertz CT molecular complexity index is 805. The Morgan fingerprint density at radius 2 is 2.00 bits per heavy atom. The molecule has 144 valence electrons. The molecule has 0 aliphatic carbocycles. The van der Waals surface area contributed by atoms with Crippen molar-refractivity contribution < 1.29 is 9.59 Å². The number of hydrogen-bond donors (Lipinski definition) is 2. The van der Waals surface area contributed by atoms with Gasteiger partial charge in [-0.1, -0.05) is 43.3 Å². The number of carbonyl (C=O) groups is 2. The SMILES string of the molecule is CCc1ccccc1NC(=O)CNC(=O)CSc1nnc2n1CCCCC2. The number of aryl methyl sites for hydroxylation is 2. The van der Waals surface area contributed by atoms with Gasteiger partial charge in [0, 0.05) is 18.7 Å². The van der Waals surface area contributed by atoms with Crippen LogP contribution in [0.25, 0.3) is 0 Å². The van der Waals surface area contributed by atoms with E-state index in [0.29, 0.717) is 0 Å². The molecular formula is C19H25N5O2S. The van der Waals surface area contributed by atoms with Gasteiger partial charge in [0.1, 0.15) is 5.82 Å². The number of fused-ring (bicyclic) bond motifs is 1. The number of para-hydroxylation sites is 1. The predicted molar refractivity (Wildman–Crippen MR) is 106 cm³/mol. The fraction of sp³-hybridized carbons (Fsp3) is 0.474. The van der Waals surface area contributed by atoms with Gasteiger partial charge in [0.2, 0.25) is 11.8 Å². The van der Waals surface area contributed by atoms with Crippen LogP contribution in [-0.2, 0) is 29.0 Å². The molecule has 3 rings (SSSR count). The van der Waals surface area contributed by atoms with Gasteiger partial charge in [0.15, 0.2) is 5.16 Å². The van der Waals surface area contributed by atoms with E-state index in [1.54, 1.807) is 0 Å². The average molecular weight is 388 g/mol. The van der Waals surface area contributed by atoms with E-state index in [1.807, 2.05) is 31.2 Å². The van der Waals surface area contributed by atoms with Crippen LogP contribution in [-0.4, -0.2) is 38.9 Å². The van der Waals surface area contributed by atoms with E-state index >= 15 is 0 Å². The second kappa shape index (κ2) is 9.55. The Balaban J connectivity index is 1.45. The van der Waals surface area contributed by atoms with E-state index in [0.717, 1.165) is 54.5 Å². The Morgan fingerprint density at radius 1 is 1.15 bits per heavy atom. The first-order valence-electron chi connectivity index (χ1n) is 9.36. The summed E-state index contributed by atoms with van der Waals surface area (Å²) in [7, 11) is 0. The van der Waals surface area contributed by atoms with Gasteiger partial charge in [-0.25, -0.2) is 0 Å². The molecule has 1 aromatic carbocycles. The molecule has 1 aromatic heterocycles. The van der Waals surface area contributed by atoms with Crippen molar-refractivity contribution in [2.24, 2.45) is 0 Å². The molecule has 0 saturated heterocycles. The zero-order chi connectivity index (χ0) is 19.1. The number of benzene rings is 1. The van der Waals surface area contributed by atoms with Gasteiger partial charge in [0.05, 0.1) is 12.3 Å². The maximum atomic E-state index is 12.1. The molecule has 0 bridgehead atoms. The van der Waals surface area contributed by atoms with E-state index < -0.39 is 0 Å². The van der Waals surface area contributed by atoms with E-state index in [4.69, 9.17) is 0 Å². The van der Waals surface area contributed by atoms with Crippen molar-refractivity contribution >= 4 is 29.3 Å². The van der Waals surface area contributed by atoms with Gasteiger partial charge in [-0.2, -0.15) is 0 Å².